The molecule has 0 aliphatic rings. The first-order valence-corrected chi connectivity index (χ1v) is 5.78. The second-order valence-electron chi connectivity index (χ2n) is 3.39. The van der Waals surface area contributed by atoms with Crippen LogP contribution in [0, 0.1) is 0 Å². The number of nitrogens with two attached hydrogens (primary N) is 1. The average molecular weight is 269 g/mol. The van der Waals surface area contributed by atoms with E-state index >= 15 is 0 Å². The summed E-state index contributed by atoms with van der Waals surface area (Å²) in [5.41, 5.74) is 8.52. The van der Waals surface area contributed by atoms with Gasteiger partial charge in [0.1, 0.15) is 0 Å². The quantitative estimate of drug-likeness (QED) is 0.925. The third kappa shape index (κ3) is 1.77. The molecule has 2 rings (SSSR count). The average Bonchev–Trinajstić information content (AvgIpc) is 2.57. The SMILES string of the molecule is CCCc1nn2c(CN)ccnc2c1Br. The van der Waals surface area contributed by atoms with Crippen molar-refractivity contribution in [1.29, 1.82) is 0 Å². The third-order valence-corrected chi connectivity index (χ3v) is 3.12. The number of rotatable bonds is 3. The molecule has 0 bridgehead atoms. The van der Waals surface area contributed by atoms with Crippen LogP contribution in [0.5, 0.6) is 0 Å². The summed E-state index contributed by atoms with van der Waals surface area (Å²) in [6.07, 6.45) is 3.79. The first-order chi connectivity index (χ1) is 7.27. The maximum atomic E-state index is 5.65. The van der Waals surface area contributed by atoms with Gasteiger partial charge in [0, 0.05) is 12.7 Å². The molecule has 2 N–H and O–H groups in total. The fourth-order valence-electron chi connectivity index (χ4n) is 1.56. The van der Waals surface area contributed by atoms with E-state index in [1.54, 1.807) is 6.20 Å². The molecule has 2 heterocycles. The van der Waals surface area contributed by atoms with Gasteiger partial charge in [-0.1, -0.05) is 13.3 Å². The van der Waals surface area contributed by atoms with Gasteiger partial charge in [0.25, 0.3) is 0 Å². The van der Waals surface area contributed by atoms with E-state index in [0.29, 0.717) is 6.54 Å². The molecule has 0 amide bonds. The Hall–Kier alpha value is -0.940. The predicted octanol–water partition coefficient (Wildman–Crippen LogP) is 1.90. The highest BCUT2D eigenvalue weighted by Gasteiger charge is 2.11. The molecule has 2 aromatic rings. The molecule has 0 spiro atoms. The molecule has 0 fully saturated rings. The summed E-state index contributed by atoms with van der Waals surface area (Å²) < 4.78 is 2.80. The third-order valence-electron chi connectivity index (χ3n) is 2.30. The summed E-state index contributed by atoms with van der Waals surface area (Å²) in [6.45, 7) is 2.60. The van der Waals surface area contributed by atoms with Crippen LogP contribution >= 0.6 is 15.9 Å². The lowest BCUT2D eigenvalue weighted by atomic mass is 10.2. The van der Waals surface area contributed by atoms with Crippen LogP contribution in [-0.2, 0) is 13.0 Å². The monoisotopic (exact) mass is 268 g/mol. The molecule has 4 nitrogen and oxygen atoms in total. The van der Waals surface area contributed by atoms with Crippen molar-refractivity contribution in [3.05, 3.63) is 28.1 Å². The second-order valence-corrected chi connectivity index (χ2v) is 4.18. The van der Waals surface area contributed by atoms with Gasteiger partial charge in [-0.2, -0.15) is 5.10 Å². The molecule has 0 aliphatic heterocycles. The van der Waals surface area contributed by atoms with Crippen molar-refractivity contribution >= 4 is 21.6 Å². The van der Waals surface area contributed by atoms with Crippen LogP contribution < -0.4 is 5.73 Å². The molecule has 5 heteroatoms. The maximum Gasteiger partial charge on any atom is 0.169 e. The molecule has 15 heavy (non-hydrogen) atoms. The first kappa shape index (κ1) is 10.6. The Bertz CT molecular complexity index is 477. The van der Waals surface area contributed by atoms with E-state index in [9.17, 15) is 0 Å². The van der Waals surface area contributed by atoms with Crippen molar-refractivity contribution in [3.8, 4) is 0 Å². The highest BCUT2D eigenvalue weighted by atomic mass is 79.9. The topological polar surface area (TPSA) is 56.2 Å². The second kappa shape index (κ2) is 4.28. The van der Waals surface area contributed by atoms with Crippen molar-refractivity contribution < 1.29 is 0 Å². The highest BCUT2D eigenvalue weighted by molar-refractivity contribution is 9.10. The largest absolute Gasteiger partial charge is 0.325 e. The molecule has 0 aliphatic carbocycles. The van der Waals surface area contributed by atoms with Gasteiger partial charge >= 0.3 is 0 Å². The van der Waals surface area contributed by atoms with Crippen LogP contribution in [0.1, 0.15) is 24.7 Å². The normalized spacial score (nSPS) is 11.1. The van der Waals surface area contributed by atoms with Gasteiger partial charge < -0.3 is 5.73 Å². The number of aromatic nitrogens is 3. The van der Waals surface area contributed by atoms with E-state index < -0.39 is 0 Å². The van der Waals surface area contributed by atoms with Crippen LogP contribution in [0.4, 0.5) is 0 Å². The van der Waals surface area contributed by atoms with Gasteiger partial charge in [0.2, 0.25) is 0 Å². The summed E-state index contributed by atoms with van der Waals surface area (Å²) in [7, 11) is 0. The molecule has 0 saturated carbocycles. The Labute approximate surface area is 96.6 Å². The number of fused-ring (bicyclic) bond motifs is 1. The Balaban J connectivity index is 2.64. The Morgan fingerprint density at radius 1 is 1.53 bits per heavy atom. The number of hydrogen-bond acceptors (Lipinski definition) is 3. The molecule has 0 atom stereocenters. The molecule has 0 saturated heterocycles. The van der Waals surface area contributed by atoms with Gasteiger partial charge in [-0.05, 0) is 28.4 Å². The molecule has 80 valence electrons. The fourth-order valence-corrected chi connectivity index (χ4v) is 2.11. The molecular weight excluding hydrogens is 256 g/mol. The van der Waals surface area contributed by atoms with Crippen LogP contribution in [0.2, 0.25) is 0 Å². The van der Waals surface area contributed by atoms with Gasteiger partial charge in [-0.15, -0.1) is 0 Å². The van der Waals surface area contributed by atoms with Crippen molar-refractivity contribution in [3.63, 3.8) is 0 Å². The minimum Gasteiger partial charge on any atom is -0.325 e. The van der Waals surface area contributed by atoms with Crippen LogP contribution in [-0.4, -0.2) is 14.6 Å². The lowest BCUT2D eigenvalue weighted by Gasteiger charge is -1.99. The van der Waals surface area contributed by atoms with E-state index in [-0.39, 0.29) is 0 Å². The predicted molar refractivity (Wildman–Crippen MR) is 62.6 cm³/mol. The molecule has 2 aromatic heterocycles. The molecular formula is C10H13BrN4. The summed E-state index contributed by atoms with van der Waals surface area (Å²) in [5.74, 6) is 0. The van der Waals surface area contributed by atoms with E-state index in [2.05, 4.69) is 32.9 Å². The van der Waals surface area contributed by atoms with Gasteiger partial charge in [-0.25, -0.2) is 9.50 Å². The van der Waals surface area contributed by atoms with Crippen molar-refractivity contribution in [2.24, 2.45) is 5.73 Å². The fraction of sp³-hybridized carbons (Fsp3) is 0.400. The van der Waals surface area contributed by atoms with Crippen LogP contribution in [0.25, 0.3) is 5.65 Å². The van der Waals surface area contributed by atoms with E-state index in [1.165, 1.54) is 0 Å². The van der Waals surface area contributed by atoms with Crippen LogP contribution in [0.15, 0.2) is 16.7 Å². The zero-order valence-electron chi connectivity index (χ0n) is 8.57. The first-order valence-electron chi connectivity index (χ1n) is 4.99. The molecule has 0 unspecified atom stereocenters. The number of hydrogen-bond donors (Lipinski definition) is 1. The summed E-state index contributed by atoms with van der Waals surface area (Å²) in [4.78, 5) is 4.29. The lowest BCUT2D eigenvalue weighted by Crippen LogP contribution is -2.05. The number of aryl methyl sites for hydroxylation is 1. The Kier molecular flexibility index (Phi) is 3.02. The highest BCUT2D eigenvalue weighted by Crippen LogP contribution is 2.22. The van der Waals surface area contributed by atoms with Gasteiger partial charge in [0.15, 0.2) is 5.65 Å². The van der Waals surface area contributed by atoms with Crippen molar-refractivity contribution in [2.45, 2.75) is 26.3 Å². The van der Waals surface area contributed by atoms with Crippen molar-refractivity contribution in [1.82, 2.24) is 14.6 Å². The van der Waals surface area contributed by atoms with E-state index in [4.69, 9.17) is 5.73 Å². The Morgan fingerprint density at radius 2 is 2.33 bits per heavy atom. The summed E-state index contributed by atoms with van der Waals surface area (Å²) in [6, 6.07) is 1.89. The van der Waals surface area contributed by atoms with E-state index in [1.807, 2.05) is 10.6 Å². The number of nitrogens with zero attached hydrogens (tertiary/aromatic N) is 3. The standard InChI is InChI=1S/C10H13BrN4/c1-2-3-8-9(11)10-13-5-4-7(6-12)15(10)14-8/h4-5H,2-3,6,12H2,1H3. The van der Waals surface area contributed by atoms with Gasteiger partial charge in [0.05, 0.1) is 15.9 Å². The summed E-state index contributed by atoms with van der Waals surface area (Å²) >= 11 is 3.53. The lowest BCUT2D eigenvalue weighted by molar-refractivity contribution is 0.790. The maximum absolute atomic E-state index is 5.65. The van der Waals surface area contributed by atoms with Crippen molar-refractivity contribution in [2.75, 3.05) is 0 Å². The zero-order chi connectivity index (χ0) is 10.8. The van der Waals surface area contributed by atoms with Crippen LogP contribution in [0.3, 0.4) is 0 Å². The Morgan fingerprint density at radius 3 is 3.00 bits per heavy atom. The summed E-state index contributed by atoms with van der Waals surface area (Å²) in [5, 5.41) is 4.50. The minimum atomic E-state index is 0.471. The smallest absolute Gasteiger partial charge is 0.169 e. The van der Waals surface area contributed by atoms with E-state index in [0.717, 1.165) is 34.3 Å². The van der Waals surface area contributed by atoms with Gasteiger partial charge in [-0.3, -0.25) is 0 Å². The minimum absolute atomic E-state index is 0.471. The molecule has 0 radical (unpaired) electrons. The molecule has 0 aromatic carbocycles. The zero-order valence-corrected chi connectivity index (χ0v) is 10.2. The number of halogens is 1.